The lowest BCUT2D eigenvalue weighted by Crippen LogP contribution is -2.29. The van der Waals surface area contributed by atoms with E-state index >= 15 is 0 Å². The highest BCUT2D eigenvalue weighted by atomic mass is 16.5. The third kappa shape index (κ3) is 2.91. The van der Waals surface area contributed by atoms with Crippen LogP contribution in [0.25, 0.3) is 5.65 Å². The first kappa shape index (κ1) is 14.8. The molecule has 1 fully saturated rings. The Kier molecular flexibility index (Phi) is 3.76. The van der Waals surface area contributed by atoms with Gasteiger partial charge in [-0.2, -0.15) is 0 Å². The van der Waals surface area contributed by atoms with Crippen LogP contribution in [0.2, 0.25) is 0 Å². The van der Waals surface area contributed by atoms with Crippen molar-refractivity contribution in [3.8, 4) is 5.88 Å². The van der Waals surface area contributed by atoms with E-state index in [9.17, 15) is 4.79 Å². The second kappa shape index (κ2) is 5.59. The van der Waals surface area contributed by atoms with Crippen LogP contribution >= 0.6 is 0 Å². The van der Waals surface area contributed by atoms with Gasteiger partial charge in [0.2, 0.25) is 5.88 Å². The second-order valence-electron chi connectivity index (χ2n) is 6.56. The van der Waals surface area contributed by atoms with Crippen molar-refractivity contribution in [1.29, 1.82) is 0 Å². The van der Waals surface area contributed by atoms with E-state index in [0.29, 0.717) is 29.2 Å². The highest BCUT2D eigenvalue weighted by molar-refractivity contribution is 5.93. The van der Waals surface area contributed by atoms with Gasteiger partial charge in [0, 0.05) is 12.6 Å². The monoisotopic (exact) mass is 302 g/mol. The zero-order valence-electron chi connectivity index (χ0n) is 13.3. The number of methoxy groups -OCH3 is 1. The van der Waals surface area contributed by atoms with Crippen LogP contribution in [0.15, 0.2) is 18.3 Å². The van der Waals surface area contributed by atoms with E-state index in [1.807, 2.05) is 0 Å². The predicted molar refractivity (Wildman–Crippen MR) is 83.0 cm³/mol. The number of hydrogen-bond donors (Lipinski definition) is 1. The molecule has 1 amide bonds. The smallest absolute Gasteiger partial charge is 0.271 e. The molecule has 6 nitrogen and oxygen atoms in total. The summed E-state index contributed by atoms with van der Waals surface area (Å²) in [6, 6.07) is 3.50. The van der Waals surface area contributed by atoms with Crippen molar-refractivity contribution in [2.24, 2.45) is 11.3 Å². The fourth-order valence-electron chi connectivity index (χ4n) is 2.78. The number of hydrogen-bond acceptors (Lipinski definition) is 4. The van der Waals surface area contributed by atoms with E-state index < -0.39 is 0 Å². The van der Waals surface area contributed by atoms with E-state index in [0.717, 1.165) is 12.3 Å². The van der Waals surface area contributed by atoms with E-state index in [2.05, 4.69) is 29.2 Å². The molecule has 3 rings (SSSR count). The van der Waals surface area contributed by atoms with Crippen LogP contribution in [-0.2, 0) is 0 Å². The van der Waals surface area contributed by atoms with Gasteiger partial charge in [-0.1, -0.05) is 13.8 Å². The molecule has 2 aromatic heterocycles. The number of nitrogens with one attached hydrogen (secondary N) is 1. The molecule has 0 saturated heterocycles. The number of aromatic nitrogens is 3. The van der Waals surface area contributed by atoms with Gasteiger partial charge < -0.3 is 10.1 Å². The molecule has 0 unspecified atom stereocenters. The molecular weight excluding hydrogens is 280 g/mol. The van der Waals surface area contributed by atoms with Crippen LogP contribution in [0.1, 0.15) is 43.6 Å². The van der Waals surface area contributed by atoms with Crippen LogP contribution in [0, 0.1) is 11.3 Å². The van der Waals surface area contributed by atoms with Crippen molar-refractivity contribution < 1.29 is 9.53 Å². The van der Waals surface area contributed by atoms with Crippen molar-refractivity contribution in [2.75, 3.05) is 13.7 Å². The zero-order valence-corrected chi connectivity index (χ0v) is 13.3. The third-order valence-electron chi connectivity index (χ3n) is 4.52. The maximum atomic E-state index is 12.3. The average molecular weight is 302 g/mol. The van der Waals surface area contributed by atoms with Crippen molar-refractivity contribution in [2.45, 2.75) is 33.1 Å². The summed E-state index contributed by atoms with van der Waals surface area (Å²) in [5.74, 6) is 1.11. The summed E-state index contributed by atoms with van der Waals surface area (Å²) in [6.07, 6.45) is 5.16. The van der Waals surface area contributed by atoms with Gasteiger partial charge in [0.1, 0.15) is 0 Å². The van der Waals surface area contributed by atoms with Crippen LogP contribution in [0.4, 0.5) is 0 Å². The molecule has 118 valence electrons. The fraction of sp³-hybridized carbons (Fsp3) is 0.562. The summed E-state index contributed by atoms with van der Waals surface area (Å²) in [4.78, 5) is 16.5. The molecule has 0 atom stereocenters. The third-order valence-corrected chi connectivity index (χ3v) is 4.52. The van der Waals surface area contributed by atoms with Gasteiger partial charge >= 0.3 is 0 Å². The Labute approximate surface area is 129 Å². The number of carbonyl (C=O) groups excluding carboxylic acids is 1. The Morgan fingerprint density at radius 1 is 1.45 bits per heavy atom. The molecule has 6 heteroatoms. The summed E-state index contributed by atoms with van der Waals surface area (Å²) in [5, 5.41) is 7.21. The Morgan fingerprint density at radius 2 is 2.23 bits per heavy atom. The van der Waals surface area contributed by atoms with Gasteiger partial charge in [-0.25, -0.2) is 9.50 Å². The highest BCUT2D eigenvalue weighted by Crippen LogP contribution is 2.46. The van der Waals surface area contributed by atoms with E-state index in [4.69, 9.17) is 4.74 Å². The second-order valence-corrected chi connectivity index (χ2v) is 6.56. The summed E-state index contributed by atoms with van der Waals surface area (Å²) >= 11 is 0. The van der Waals surface area contributed by atoms with Gasteiger partial charge in [0.25, 0.3) is 5.91 Å². The Bertz CT molecular complexity index is 689. The molecule has 1 aliphatic carbocycles. The van der Waals surface area contributed by atoms with E-state index in [1.54, 1.807) is 25.4 Å². The normalized spacial score (nSPS) is 15.0. The van der Waals surface area contributed by atoms with Crippen LogP contribution in [-0.4, -0.2) is 34.2 Å². The molecule has 1 saturated carbocycles. The molecule has 1 aliphatic rings. The molecule has 0 aromatic carbocycles. The molecule has 0 aliphatic heterocycles. The van der Waals surface area contributed by atoms with Crippen molar-refractivity contribution in [1.82, 2.24) is 19.9 Å². The molecule has 1 N–H and O–H groups in total. The van der Waals surface area contributed by atoms with Gasteiger partial charge in [0.15, 0.2) is 11.3 Å². The van der Waals surface area contributed by atoms with Gasteiger partial charge in [-0.15, -0.1) is 5.10 Å². The fourth-order valence-corrected chi connectivity index (χ4v) is 2.78. The predicted octanol–water partition coefficient (Wildman–Crippen LogP) is 2.29. The topological polar surface area (TPSA) is 68.5 Å². The maximum absolute atomic E-state index is 12.3. The first-order chi connectivity index (χ1) is 10.5. The standard InChI is InChI=1S/C16H22N4O2/c1-16(2,11-4-5-11)8-9-17-15(21)12-10-18-13-6-7-14(22-3)19-20(12)13/h6-7,10-11H,4-5,8-9H2,1-3H3,(H,17,21). The van der Waals surface area contributed by atoms with Crippen LogP contribution in [0.3, 0.4) is 0 Å². The lowest BCUT2D eigenvalue weighted by atomic mass is 9.84. The Balaban J connectivity index is 1.67. The maximum Gasteiger partial charge on any atom is 0.271 e. The first-order valence-corrected chi connectivity index (χ1v) is 7.68. The minimum Gasteiger partial charge on any atom is -0.480 e. The van der Waals surface area contributed by atoms with Gasteiger partial charge in [-0.05, 0) is 36.7 Å². The summed E-state index contributed by atoms with van der Waals surface area (Å²) < 4.78 is 6.61. The number of ether oxygens (including phenoxy) is 1. The lowest BCUT2D eigenvalue weighted by Gasteiger charge is -2.24. The lowest BCUT2D eigenvalue weighted by molar-refractivity contribution is 0.0940. The van der Waals surface area contributed by atoms with Gasteiger partial charge in [-0.3, -0.25) is 4.79 Å². The summed E-state index contributed by atoms with van der Waals surface area (Å²) in [5.41, 5.74) is 1.36. The number of nitrogens with zero attached hydrogens (tertiary/aromatic N) is 3. The first-order valence-electron chi connectivity index (χ1n) is 7.68. The van der Waals surface area contributed by atoms with E-state index in [1.165, 1.54) is 17.4 Å². The largest absolute Gasteiger partial charge is 0.480 e. The van der Waals surface area contributed by atoms with Crippen molar-refractivity contribution in [3.05, 3.63) is 24.0 Å². The molecule has 2 heterocycles. The Hall–Kier alpha value is -2.11. The average Bonchev–Trinajstić information content (AvgIpc) is 3.27. The van der Waals surface area contributed by atoms with Crippen LogP contribution in [0.5, 0.6) is 5.88 Å². The number of imidazole rings is 1. The summed E-state index contributed by atoms with van der Waals surface area (Å²) in [7, 11) is 1.55. The van der Waals surface area contributed by atoms with Crippen molar-refractivity contribution in [3.63, 3.8) is 0 Å². The number of carbonyl (C=O) groups is 1. The summed E-state index contributed by atoms with van der Waals surface area (Å²) in [6.45, 7) is 5.22. The Morgan fingerprint density at radius 3 is 2.91 bits per heavy atom. The molecule has 2 aromatic rings. The minimum absolute atomic E-state index is 0.153. The SMILES string of the molecule is COc1ccc2ncc(C(=O)NCCC(C)(C)C3CC3)n2n1. The molecule has 0 bridgehead atoms. The van der Waals surface area contributed by atoms with Crippen molar-refractivity contribution >= 4 is 11.6 Å². The number of rotatable bonds is 6. The van der Waals surface area contributed by atoms with Gasteiger partial charge in [0.05, 0.1) is 13.3 Å². The quantitative estimate of drug-likeness (QED) is 0.889. The number of amides is 1. The molecule has 22 heavy (non-hydrogen) atoms. The highest BCUT2D eigenvalue weighted by Gasteiger charge is 2.37. The zero-order chi connectivity index (χ0) is 15.7. The van der Waals surface area contributed by atoms with E-state index in [-0.39, 0.29) is 5.91 Å². The minimum atomic E-state index is -0.153. The van der Waals surface area contributed by atoms with Crippen LogP contribution < -0.4 is 10.1 Å². The number of fused-ring (bicyclic) bond motifs is 1. The molecule has 0 radical (unpaired) electrons. The molecular formula is C16H22N4O2. The molecule has 0 spiro atoms.